The van der Waals surface area contributed by atoms with Crippen LogP contribution in [0, 0.1) is 0 Å². The van der Waals surface area contributed by atoms with E-state index in [0.29, 0.717) is 30.2 Å². The first kappa shape index (κ1) is 30.4. The molecule has 0 heterocycles. The van der Waals surface area contributed by atoms with Crippen molar-refractivity contribution in [2.45, 2.75) is 43.7 Å². The van der Waals surface area contributed by atoms with Crippen molar-refractivity contribution in [1.82, 2.24) is 4.90 Å². The number of carbonyl (C=O) groups excluding carboxylic acids is 1. The highest BCUT2D eigenvalue weighted by molar-refractivity contribution is 7.93. The van der Waals surface area contributed by atoms with Crippen molar-refractivity contribution in [3.63, 3.8) is 0 Å². The van der Waals surface area contributed by atoms with Crippen LogP contribution in [0.15, 0.2) is 89.8 Å². The summed E-state index contributed by atoms with van der Waals surface area (Å²) in [6.45, 7) is 2.23. The molecule has 0 aromatic heterocycles. The first-order valence-corrected chi connectivity index (χ1v) is 15.3. The van der Waals surface area contributed by atoms with Crippen molar-refractivity contribution in [3.05, 3.63) is 106 Å². The van der Waals surface area contributed by atoms with E-state index in [9.17, 15) is 23.1 Å². The van der Waals surface area contributed by atoms with E-state index in [4.69, 9.17) is 23.2 Å². The lowest BCUT2D eigenvalue weighted by molar-refractivity contribution is -0.138. The molecule has 7 nitrogen and oxygen atoms in total. The smallest absolute Gasteiger partial charge is 0.327 e. The molecule has 4 rings (SSSR count). The summed E-state index contributed by atoms with van der Waals surface area (Å²) in [5.41, 5.74) is 1.23. The molecule has 0 spiro atoms. The second-order valence-electron chi connectivity index (χ2n) is 9.77. The second-order valence-corrected chi connectivity index (χ2v) is 12.5. The number of rotatable bonds is 11. The molecule has 1 atom stereocenters. The van der Waals surface area contributed by atoms with Gasteiger partial charge in [-0.15, -0.1) is 0 Å². The molecule has 0 saturated carbocycles. The number of nitrogens with zero attached hydrogens (tertiary/aromatic N) is 2. The number of sulfonamides is 1. The summed E-state index contributed by atoms with van der Waals surface area (Å²) in [5.74, 6) is -1.65. The summed E-state index contributed by atoms with van der Waals surface area (Å²) >= 11 is 12.3. The molecule has 0 fully saturated rings. The first-order valence-electron chi connectivity index (χ1n) is 13.1. The van der Waals surface area contributed by atoms with Crippen LogP contribution in [0.3, 0.4) is 0 Å². The van der Waals surface area contributed by atoms with Crippen LogP contribution in [0.25, 0.3) is 10.8 Å². The van der Waals surface area contributed by atoms with Gasteiger partial charge in [-0.05, 0) is 47.7 Å². The van der Waals surface area contributed by atoms with Gasteiger partial charge >= 0.3 is 5.97 Å². The topological polar surface area (TPSA) is 95.0 Å². The number of carbonyl (C=O) groups is 2. The number of carboxylic acids is 1. The van der Waals surface area contributed by atoms with Crippen LogP contribution in [0.1, 0.15) is 42.1 Å². The largest absolute Gasteiger partial charge is 0.480 e. The van der Waals surface area contributed by atoms with Crippen molar-refractivity contribution in [3.8, 4) is 0 Å². The molecule has 41 heavy (non-hydrogen) atoms. The van der Waals surface area contributed by atoms with Crippen LogP contribution in [0.2, 0.25) is 10.0 Å². The third kappa shape index (κ3) is 6.84. The predicted octanol–water partition coefficient (Wildman–Crippen LogP) is 7.26. The lowest BCUT2D eigenvalue weighted by Crippen LogP contribution is -2.45. The van der Waals surface area contributed by atoms with E-state index in [0.717, 1.165) is 9.87 Å². The molecule has 10 heteroatoms. The Balaban J connectivity index is 1.94. The first-order chi connectivity index (χ1) is 19.5. The molecule has 0 aliphatic rings. The fourth-order valence-electron chi connectivity index (χ4n) is 4.74. The van der Waals surface area contributed by atoms with Gasteiger partial charge in [-0.2, -0.15) is 0 Å². The highest BCUT2D eigenvalue weighted by Crippen LogP contribution is 2.37. The highest BCUT2D eigenvalue weighted by Gasteiger charge is 2.37. The lowest BCUT2D eigenvalue weighted by atomic mass is 10.0. The van der Waals surface area contributed by atoms with E-state index in [1.54, 1.807) is 37.4 Å². The molecule has 0 aliphatic heterocycles. The van der Waals surface area contributed by atoms with E-state index in [1.807, 2.05) is 37.3 Å². The minimum absolute atomic E-state index is 0.0553. The Morgan fingerprint density at radius 2 is 1.54 bits per heavy atom. The molecule has 4 aromatic carbocycles. The third-order valence-corrected chi connectivity index (χ3v) is 8.96. The van der Waals surface area contributed by atoms with Crippen molar-refractivity contribution < 1.29 is 23.1 Å². The standard InChI is InChI=1S/C31H30Cl2N2O5S/c1-3-4-14-28(31(37)38)35(41(39,40)26-18-24(32)17-25(33)19-26)29-16-23(15-22-12-8-9-13-27(22)29)30(36)34(2)20-21-10-6-5-7-11-21/h5-13,15-19,28H,3-4,14,20H2,1-2H3,(H,37,38). The molecule has 1 unspecified atom stereocenters. The van der Waals surface area contributed by atoms with Crippen molar-refractivity contribution >= 4 is 61.6 Å². The van der Waals surface area contributed by atoms with Gasteiger partial charge < -0.3 is 10.0 Å². The van der Waals surface area contributed by atoms with E-state index < -0.39 is 22.0 Å². The van der Waals surface area contributed by atoms with Crippen molar-refractivity contribution in [2.24, 2.45) is 0 Å². The number of halogens is 2. The molecule has 1 N–H and O–H groups in total. The Labute approximate surface area is 250 Å². The average molecular weight is 614 g/mol. The van der Waals surface area contributed by atoms with Crippen molar-refractivity contribution in [2.75, 3.05) is 11.4 Å². The van der Waals surface area contributed by atoms with Crippen LogP contribution in [0.4, 0.5) is 5.69 Å². The zero-order valence-corrected chi connectivity index (χ0v) is 25.0. The Morgan fingerprint density at radius 1 is 0.902 bits per heavy atom. The van der Waals surface area contributed by atoms with Gasteiger partial charge in [0.25, 0.3) is 15.9 Å². The maximum atomic E-state index is 14.3. The zero-order chi connectivity index (χ0) is 29.7. The predicted molar refractivity (Wildman–Crippen MR) is 163 cm³/mol. The van der Waals surface area contributed by atoms with Gasteiger partial charge in [0.1, 0.15) is 6.04 Å². The van der Waals surface area contributed by atoms with Gasteiger partial charge in [-0.25, -0.2) is 13.2 Å². The summed E-state index contributed by atoms with van der Waals surface area (Å²) < 4.78 is 29.5. The molecule has 0 saturated heterocycles. The van der Waals surface area contributed by atoms with E-state index in [2.05, 4.69) is 0 Å². The molecule has 4 aromatic rings. The average Bonchev–Trinajstić information content (AvgIpc) is 2.94. The highest BCUT2D eigenvalue weighted by atomic mass is 35.5. The maximum absolute atomic E-state index is 14.3. The number of amides is 1. The molecule has 214 valence electrons. The summed E-state index contributed by atoms with van der Waals surface area (Å²) in [6, 6.07) is 22.0. The number of unbranched alkanes of at least 4 members (excludes halogenated alkanes) is 1. The fourth-order valence-corrected chi connectivity index (χ4v) is 7.12. The van der Waals surface area contributed by atoms with Crippen LogP contribution < -0.4 is 4.31 Å². The van der Waals surface area contributed by atoms with Gasteiger partial charge in [-0.1, -0.05) is 97.6 Å². The second kappa shape index (κ2) is 12.9. The zero-order valence-electron chi connectivity index (χ0n) is 22.6. The Hall–Kier alpha value is -3.59. The molecule has 0 bridgehead atoms. The third-order valence-electron chi connectivity index (χ3n) is 6.73. The van der Waals surface area contributed by atoms with Gasteiger partial charge in [0.15, 0.2) is 0 Å². The van der Waals surface area contributed by atoms with Crippen LogP contribution in [0.5, 0.6) is 0 Å². The number of aliphatic carboxylic acids is 1. The Morgan fingerprint density at radius 3 is 2.17 bits per heavy atom. The molecule has 0 radical (unpaired) electrons. The number of hydrogen-bond acceptors (Lipinski definition) is 4. The minimum Gasteiger partial charge on any atom is -0.480 e. The Kier molecular flexibility index (Phi) is 9.58. The fraction of sp³-hybridized carbons (Fsp3) is 0.226. The van der Waals surface area contributed by atoms with Crippen LogP contribution >= 0.6 is 23.2 Å². The molecule has 1 amide bonds. The van der Waals surface area contributed by atoms with E-state index in [-0.39, 0.29) is 38.5 Å². The van der Waals surface area contributed by atoms with Gasteiger partial charge in [-0.3, -0.25) is 9.10 Å². The normalized spacial score (nSPS) is 12.2. The van der Waals surface area contributed by atoms with Crippen LogP contribution in [-0.2, 0) is 21.4 Å². The van der Waals surface area contributed by atoms with E-state index >= 15 is 0 Å². The van der Waals surface area contributed by atoms with Gasteiger partial charge in [0.05, 0.1) is 10.6 Å². The van der Waals surface area contributed by atoms with Crippen molar-refractivity contribution in [1.29, 1.82) is 0 Å². The number of fused-ring (bicyclic) bond motifs is 1. The number of hydrogen-bond donors (Lipinski definition) is 1. The molecular weight excluding hydrogens is 583 g/mol. The van der Waals surface area contributed by atoms with E-state index in [1.165, 1.54) is 29.2 Å². The maximum Gasteiger partial charge on any atom is 0.327 e. The lowest BCUT2D eigenvalue weighted by Gasteiger charge is -2.32. The summed E-state index contributed by atoms with van der Waals surface area (Å²) in [5, 5.41) is 11.6. The van der Waals surface area contributed by atoms with Gasteiger partial charge in [0, 0.05) is 34.6 Å². The Bertz CT molecular complexity index is 1660. The summed E-state index contributed by atoms with van der Waals surface area (Å²) in [7, 11) is -2.86. The summed E-state index contributed by atoms with van der Waals surface area (Å²) in [6.07, 6.45) is 1.18. The van der Waals surface area contributed by atoms with Crippen LogP contribution in [-0.4, -0.2) is 43.4 Å². The summed E-state index contributed by atoms with van der Waals surface area (Å²) in [4.78, 5) is 27.6. The monoisotopic (exact) mass is 612 g/mol. The quantitative estimate of drug-likeness (QED) is 0.192. The minimum atomic E-state index is -4.52. The number of anilines is 1. The number of carboxylic acid groups (broad SMARTS) is 1. The molecule has 0 aliphatic carbocycles. The number of benzene rings is 4. The van der Waals surface area contributed by atoms with Gasteiger partial charge in [0.2, 0.25) is 0 Å². The molecular formula is C31H30Cl2N2O5S. The SMILES string of the molecule is CCCCC(C(=O)O)N(c1cc(C(=O)N(C)Cc2ccccc2)cc2ccccc12)S(=O)(=O)c1cc(Cl)cc(Cl)c1.